The summed E-state index contributed by atoms with van der Waals surface area (Å²) in [6.45, 7) is 5.29. The SMILES string of the molecule is COCCCC(N)C(=O)NCCC(CCC(=O)O)C(C)C. The monoisotopic (exact) mass is 302 g/mol. The van der Waals surface area contributed by atoms with Gasteiger partial charge in [0.25, 0.3) is 0 Å². The number of carboxylic acids is 1. The molecule has 2 unspecified atom stereocenters. The van der Waals surface area contributed by atoms with Gasteiger partial charge in [0, 0.05) is 26.7 Å². The number of aliphatic carboxylic acids is 1. The van der Waals surface area contributed by atoms with Crippen LogP contribution in [0.4, 0.5) is 0 Å². The Morgan fingerprint density at radius 2 is 1.90 bits per heavy atom. The van der Waals surface area contributed by atoms with Crippen molar-refractivity contribution in [3.63, 3.8) is 0 Å². The van der Waals surface area contributed by atoms with Crippen LogP contribution in [0.15, 0.2) is 0 Å². The van der Waals surface area contributed by atoms with Crippen molar-refractivity contribution >= 4 is 11.9 Å². The van der Waals surface area contributed by atoms with E-state index in [4.69, 9.17) is 15.6 Å². The molecule has 6 nitrogen and oxygen atoms in total. The first kappa shape index (κ1) is 19.9. The van der Waals surface area contributed by atoms with Crippen LogP contribution in [0, 0.1) is 11.8 Å². The third-order valence-electron chi connectivity index (χ3n) is 3.69. The fourth-order valence-corrected chi connectivity index (χ4v) is 2.21. The van der Waals surface area contributed by atoms with Gasteiger partial charge in [0.2, 0.25) is 5.91 Å². The zero-order valence-corrected chi connectivity index (χ0v) is 13.4. The molecular formula is C15H30N2O4. The number of methoxy groups -OCH3 is 1. The molecule has 1 amide bonds. The van der Waals surface area contributed by atoms with Gasteiger partial charge in [-0.2, -0.15) is 0 Å². The van der Waals surface area contributed by atoms with Gasteiger partial charge >= 0.3 is 5.97 Å². The first-order chi connectivity index (χ1) is 9.88. The number of carbonyl (C=O) groups excluding carboxylic acids is 1. The second-order valence-corrected chi connectivity index (χ2v) is 5.76. The Morgan fingerprint density at radius 3 is 2.43 bits per heavy atom. The lowest BCUT2D eigenvalue weighted by Gasteiger charge is -2.21. The summed E-state index contributed by atoms with van der Waals surface area (Å²) in [5.41, 5.74) is 5.79. The number of amides is 1. The van der Waals surface area contributed by atoms with Gasteiger partial charge in [0.15, 0.2) is 0 Å². The molecule has 0 heterocycles. The summed E-state index contributed by atoms with van der Waals surface area (Å²) >= 11 is 0. The van der Waals surface area contributed by atoms with Crippen molar-refractivity contribution in [3.8, 4) is 0 Å². The summed E-state index contributed by atoms with van der Waals surface area (Å²) in [6.07, 6.45) is 2.96. The van der Waals surface area contributed by atoms with E-state index < -0.39 is 12.0 Å². The molecule has 21 heavy (non-hydrogen) atoms. The molecule has 0 saturated heterocycles. The number of hydrogen-bond donors (Lipinski definition) is 3. The molecule has 0 spiro atoms. The molecule has 0 saturated carbocycles. The highest BCUT2D eigenvalue weighted by Gasteiger charge is 2.17. The molecule has 0 radical (unpaired) electrons. The van der Waals surface area contributed by atoms with E-state index in [9.17, 15) is 9.59 Å². The third kappa shape index (κ3) is 10.3. The molecule has 4 N–H and O–H groups in total. The first-order valence-electron chi connectivity index (χ1n) is 7.62. The van der Waals surface area contributed by atoms with E-state index in [0.29, 0.717) is 37.8 Å². The predicted molar refractivity (Wildman–Crippen MR) is 81.9 cm³/mol. The number of carbonyl (C=O) groups is 2. The fourth-order valence-electron chi connectivity index (χ4n) is 2.21. The van der Waals surface area contributed by atoms with E-state index >= 15 is 0 Å². The van der Waals surface area contributed by atoms with Gasteiger partial charge in [0.05, 0.1) is 6.04 Å². The van der Waals surface area contributed by atoms with Gasteiger partial charge in [0.1, 0.15) is 0 Å². The Morgan fingerprint density at radius 1 is 1.24 bits per heavy atom. The molecule has 0 aromatic heterocycles. The molecule has 0 aliphatic carbocycles. The van der Waals surface area contributed by atoms with E-state index in [2.05, 4.69) is 19.2 Å². The summed E-state index contributed by atoms with van der Waals surface area (Å²) in [4.78, 5) is 22.4. The van der Waals surface area contributed by atoms with Crippen LogP contribution in [-0.4, -0.2) is 43.3 Å². The summed E-state index contributed by atoms with van der Waals surface area (Å²) in [5.74, 6) is -0.223. The van der Waals surface area contributed by atoms with Crippen LogP contribution < -0.4 is 11.1 Å². The summed E-state index contributed by atoms with van der Waals surface area (Å²) in [6, 6.07) is -0.503. The van der Waals surface area contributed by atoms with Crippen LogP contribution in [0.2, 0.25) is 0 Å². The predicted octanol–water partition coefficient (Wildman–Crippen LogP) is 1.38. The maximum atomic E-state index is 11.8. The number of nitrogens with two attached hydrogens (primary N) is 1. The maximum absolute atomic E-state index is 11.8. The lowest BCUT2D eigenvalue weighted by molar-refractivity contribution is -0.137. The average molecular weight is 302 g/mol. The largest absolute Gasteiger partial charge is 0.481 e. The number of carboxylic acid groups (broad SMARTS) is 1. The zero-order chi connectivity index (χ0) is 16.3. The molecule has 0 aromatic carbocycles. The van der Waals surface area contributed by atoms with Gasteiger partial charge in [-0.3, -0.25) is 9.59 Å². The molecular weight excluding hydrogens is 272 g/mol. The second-order valence-electron chi connectivity index (χ2n) is 5.76. The second kappa shape index (κ2) is 11.5. The van der Waals surface area contributed by atoms with Crippen molar-refractivity contribution in [1.82, 2.24) is 5.32 Å². The fraction of sp³-hybridized carbons (Fsp3) is 0.867. The van der Waals surface area contributed by atoms with Gasteiger partial charge in [-0.1, -0.05) is 13.8 Å². The summed E-state index contributed by atoms with van der Waals surface area (Å²) in [5, 5.41) is 11.6. The van der Waals surface area contributed by atoms with Crippen LogP contribution in [0.3, 0.4) is 0 Å². The normalized spacial score (nSPS) is 14.0. The number of ether oxygens (including phenoxy) is 1. The third-order valence-corrected chi connectivity index (χ3v) is 3.69. The first-order valence-corrected chi connectivity index (χ1v) is 7.62. The Kier molecular flexibility index (Phi) is 10.9. The van der Waals surface area contributed by atoms with Gasteiger partial charge < -0.3 is 20.9 Å². The van der Waals surface area contributed by atoms with Crippen molar-refractivity contribution in [2.75, 3.05) is 20.3 Å². The molecule has 0 aliphatic heterocycles. The highest BCUT2D eigenvalue weighted by Crippen LogP contribution is 2.20. The quantitative estimate of drug-likeness (QED) is 0.473. The average Bonchev–Trinajstić information content (AvgIpc) is 2.41. The minimum atomic E-state index is -0.773. The molecule has 0 aromatic rings. The Bertz CT molecular complexity index is 308. The van der Waals surface area contributed by atoms with Crippen molar-refractivity contribution in [2.45, 2.75) is 52.0 Å². The number of hydrogen-bond acceptors (Lipinski definition) is 4. The van der Waals surface area contributed by atoms with Crippen molar-refractivity contribution < 1.29 is 19.4 Å². The van der Waals surface area contributed by atoms with E-state index in [0.717, 1.165) is 12.8 Å². The Labute approximate surface area is 127 Å². The zero-order valence-electron chi connectivity index (χ0n) is 13.4. The highest BCUT2D eigenvalue weighted by molar-refractivity contribution is 5.81. The minimum Gasteiger partial charge on any atom is -0.481 e. The van der Waals surface area contributed by atoms with Crippen LogP contribution in [0.25, 0.3) is 0 Å². The minimum absolute atomic E-state index is 0.146. The number of nitrogens with one attached hydrogen (secondary N) is 1. The lowest BCUT2D eigenvalue weighted by Crippen LogP contribution is -2.41. The maximum Gasteiger partial charge on any atom is 0.303 e. The standard InChI is InChI=1S/C15H30N2O4/c1-11(2)12(6-7-14(18)19)8-9-17-15(20)13(16)5-4-10-21-3/h11-13H,4-10,16H2,1-3H3,(H,17,20)(H,18,19). The summed E-state index contributed by atoms with van der Waals surface area (Å²) in [7, 11) is 1.62. The van der Waals surface area contributed by atoms with Gasteiger partial charge in [-0.15, -0.1) is 0 Å². The van der Waals surface area contributed by atoms with Crippen molar-refractivity contribution in [2.24, 2.45) is 17.6 Å². The molecule has 2 atom stereocenters. The lowest BCUT2D eigenvalue weighted by atomic mass is 9.88. The van der Waals surface area contributed by atoms with E-state index in [-0.39, 0.29) is 12.3 Å². The molecule has 0 fully saturated rings. The van der Waals surface area contributed by atoms with E-state index in [1.165, 1.54) is 0 Å². The van der Waals surface area contributed by atoms with Crippen LogP contribution in [0.1, 0.15) is 46.0 Å². The topological polar surface area (TPSA) is 102 Å². The smallest absolute Gasteiger partial charge is 0.303 e. The van der Waals surface area contributed by atoms with E-state index in [1.807, 2.05) is 0 Å². The Hall–Kier alpha value is -1.14. The molecule has 0 rings (SSSR count). The van der Waals surface area contributed by atoms with Crippen LogP contribution >= 0.6 is 0 Å². The van der Waals surface area contributed by atoms with Crippen molar-refractivity contribution in [3.05, 3.63) is 0 Å². The highest BCUT2D eigenvalue weighted by atomic mass is 16.5. The number of rotatable bonds is 12. The van der Waals surface area contributed by atoms with Crippen LogP contribution in [-0.2, 0) is 14.3 Å². The molecule has 6 heteroatoms. The van der Waals surface area contributed by atoms with Gasteiger partial charge in [-0.25, -0.2) is 0 Å². The van der Waals surface area contributed by atoms with Crippen LogP contribution in [0.5, 0.6) is 0 Å². The van der Waals surface area contributed by atoms with E-state index in [1.54, 1.807) is 7.11 Å². The molecule has 0 aliphatic rings. The van der Waals surface area contributed by atoms with Crippen molar-refractivity contribution in [1.29, 1.82) is 0 Å². The van der Waals surface area contributed by atoms with Gasteiger partial charge in [-0.05, 0) is 37.5 Å². The molecule has 124 valence electrons. The molecule has 0 bridgehead atoms. The Balaban J connectivity index is 3.96. The summed E-state index contributed by atoms with van der Waals surface area (Å²) < 4.78 is 4.92.